The standard InChI is InChI=1S/C21H21N3O4S/c1-15-7-9-16(10-8-15)13-23-21(25)17-5-3-4-6-20(17)29(26,27)24-18-14-22-12-11-19(18)28-2/h3-12,14,24H,13H2,1-2H3,(H,23,25). The maximum absolute atomic E-state index is 12.9. The van der Waals surface area contributed by atoms with Gasteiger partial charge >= 0.3 is 0 Å². The van der Waals surface area contributed by atoms with E-state index in [1.54, 1.807) is 12.1 Å². The number of nitrogens with zero attached hydrogens (tertiary/aromatic N) is 1. The first-order valence-corrected chi connectivity index (χ1v) is 10.3. The third-order valence-electron chi connectivity index (χ3n) is 4.24. The minimum atomic E-state index is -4.04. The lowest BCUT2D eigenvalue weighted by Crippen LogP contribution is -2.26. The van der Waals surface area contributed by atoms with Gasteiger partial charge in [-0.05, 0) is 24.6 Å². The van der Waals surface area contributed by atoms with Crippen LogP contribution in [-0.2, 0) is 16.6 Å². The van der Waals surface area contributed by atoms with Crippen LogP contribution in [-0.4, -0.2) is 26.4 Å². The van der Waals surface area contributed by atoms with Crippen LogP contribution in [0.2, 0.25) is 0 Å². The van der Waals surface area contributed by atoms with Gasteiger partial charge in [0, 0.05) is 18.8 Å². The van der Waals surface area contributed by atoms with Crippen molar-refractivity contribution in [1.29, 1.82) is 0 Å². The number of hydrogen-bond donors (Lipinski definition) is 2. The molecule has 2 aromatic carbocycles. The molecule has 29 heavy (non-hydrogen) atoms. The molecular formula is C21H21N3O4S. The van der Waals surface area contributed by atoms with E-state index in [0.29, 0.717) is 5.75 Å². The second kappa shape index (κ2) is 8.74. The van der Waals surface area contributed by atoms with Crippen molar-refractivity contribution in [3.05, 3.63) is 83.7 Å². The molecule has 0 atom stereocenters. The molecule has 0 unspecified atom stereocenters. The van der Waals surface area contributed by atoms with Crippen molar-refractivity contribution in [3.8, 4) is 5.75 Å². The molecule has 1 heterocycles. The highest BCUT2D eigenvalue weighted by atomic mass is 32.2. The highest BCUT2D eigenvalue weighted by molar-refractivity contribution is 7.92. The Morgan fingerprint density at radius 3 is 2.52 bits per heavy atom. The smallest absolute Gasteiger partial charge is 0.262 e. The zero-order chi connectivity index (χ0) is 20.9. The molecule has 3 aromatic rings. The Bertz CT molecular complexity index is 1110. The Kier molecular flexibility index (Phi) is 6.13. The van der Waals surface area contributed by atoms with E-state index >= 15 is 0 Å². The molecular weight excluding hydrogens is 390 g/mol. The van der Waals surface area contributed by atoms with Crippen LogP contribution in [0.4, 0.5) is 5.69 Å². The number of ether oxygens (including phenoxy) is 1. The van der Waals surface area contributed by atoms with Crippen LogP contribution in [0.3, 0.4) is 0 Å². The number of carbonyl (C=O) groups is 1. The average Bonchev–Trinajstić information content (AvgIpc) is 2.73. The van der Waals surface area contributed by atoms with Gasteiger partial charge in [0.1, 0.15) is 16.3 Å². The summed E-state index contributed by atoms with van der Waals surface area (Å²) in [5.74, 6) is -0.158. The van der Waals surface area contributed by atoms with Crippen molar-refractivity contribution in [1.82, 2.24) is 10.3 Å². The second-order valence-corrected chi connectivity index (χ2v) is 8.00. The number of hydrogen-bond acceptors (Lipinski definition) is 5. The number of pyridine rings is 1. The fraction of sp³-hybridized carbons (Fsp3) is 0.143. The molecule has 2 N–H and O–H groups in total. The van der Waals surface area contributed by atoms with E-state index in [-0.39, 0.29) is 22.7 Å². The molecule has 0 aliphatic rings. The predicted octanol–water partition coefficient (Wildman–Crippen LogP) is 3.13. The summed E-state index contributed by atoms with van der Waals surface area (Å²) in [4.78, 5) is 16.5. The lowest BCUT2D eigenvalue weighted by molar-refractivity contribution is 0.0947. The molecule has 0 saturated heterocycles. The number of anilines is 1. The minimum absolute atomic E-state index is 0.0509. The van der Waals surface area contributed by atoms with E-state index < -0.39 is 15.9 Å². The second-order valence-electron chi connectivity index (χ2n) is 6.35. The number of sulfonamides is 1. The largest absolute Gasteiger partial charge is 0.494 e. The summed E-state index contributed by atoms with van der Waals surface area (Å²) in [6, 6.07) is 15.3. The molecule has 0 bridgehead atoms. The fourth-order valence-corrected chi connectivity index (χ4v) is 3.97. The van der Waals surface area contributed by atoms with E-state index in [1.165, 1.54) is 37.7 Å². The quantitative estimate of drug-likeness (QED) is 0.623. The Morgan fingerprint density at radius 2 is 1.79 bits per heavy atom. The van der Waals surface area contributed by atoms with Gasteiger partial charge in [-0.2, -0.15) is 0 Å². The van der Waals surface area contributed by atoms with Crippen molar-refractivity contribution < 1.29 is 17.9 Å². The van der Waals surface area contributed by atoms with Gasteiger partial charge in [0.2, 0.25) is 0 Å². The molecule has 1 amide bonds. The van der Waals surface area contributed by atoms with E-state index in [1.807, 2.05) is 31.2 Å². The van der Waals surface area contributed by atoms with Crippen molar-refractivity contribution in [2.75, 3.05) is 11.8 Å². The third-order valence-corrected chi connectivity index (χ3v) is 5.66. The molecule has 3 rings (SSSR count). The summed E-state index contributed by atoms with van der Waals surface area (Å²) < 4.78 is 33.5. The van der Waals surface area contributed by atoms with Gasteiger partial charge < -0.3 is 10.1 Å². The molecule has 0 fully saturated rings. The highest BCUT2D eigenvalue weighted by Gasteiger charge is 2.23. The Labute approximate surface area is 169 Å². The Hall–Kier alpha value is -3.39. The van der Waals surface area contributed by atoms with Gasteiger partial charge in [-0.25, -0.2) is 8.42 Å². The summed E-state index contributed by atoms with van der Waals surface area (Å²) in [6.45, 7) is 2.27. The van der Waals surface area contributed by atoms with E-state index in [2.05, 4.69) is 15.0 Å². The molecule has 0 saturated carbocycles. The number of benzene rings is 2. The van der Waals surface area contributed by atoms with E-state index in [9.17, 15) is 13.2 Å². The lowest BCUT2D eigenvalue weighted by Gasteiger charge is -2.14. The Morgan fingerprint density at radius 1 is 1.07 bits per heavy atom. The summed E-state index contributed by atoms with van der Waals surface area (Å²) >= 11 is 0. The number of amides is 1. The number of methoxy groups -OCH3 is 1. The first-order chi connectivity index (χ1) is 13.9. The first-order valence-electron chi connectivity index (χ1n) is 8.84. The summed E-state index contributed by atoms with van der Waals surface area (Å²) in [5, 5.41) is 2.77. The van der Waals surface area contributed by atoms with Gasteiger partial charge in [0.25, 0.3) is 15.9 Å². The highest BCUT2D eigenvalue weighted by Crippen LogP contribution is 2.26. The van der Waals surface area contributed by atoms with Crippen molar-refractivity contribution in [2.45, 2.75) is 18.4 Å². The minimum Gasteiger partial charge on any atom is -0.494 e. The van der Waals surface area contributed by atoms with Crippen LogP contribution < -0.4 is 14.8 Å². The van der Waals surface area contributed by atoms with Crippen LogP contribution in [0.25, 0.3) is 0 Å². The molecule has 0 radical (unpaired) electrons. The summed E-state index contributed by atoms with van der Waals surface area (Å²) in [5.41, 5.74) is 2.27. The third kappa shape index (κ3) is 4.91. The van der Waals surface area contributed by atoms with E-state index in [4.69, 9.17) is 4.74 Å². The van der Waals surface area contributed by atoms with Crippen LogP contribution >= 0.6 is 0 Å². The molecule has 8 heteroatoms. The van der Waals surface area contributed by atoms with Crippen LogP contribution in [0.1, 0.15) is 21.5 Å². The molecule has 1 aromatic heterocycles. The zero-order valence-corrected chi connectivity index (χ0v) is 16.9. The van der Waals surface area contributed by atoms with Crippen molar-refractivity contribution >= 4 is 21.6 Å². The van der Waals surface area contributed by atoms with Gasteiger partial charge in [-0.1, -0.05) is 42.0 Å². The molecule has 150 valence electrons. The fourth-order valence-electron chi connectivity index (χ4n) is 2.71. The van der Waals surface area contributed by atoms with Gasteiger partial charge in [0.15, 0.2) is 0 Å². The molecule has 0 spiro atoms. The predicted molar refractivity (Wildman–Crippen MR) is 110 cm³/mol. The average molecular weight is 411 g/mol. The maximum atomic E-state index is 12.9. The van der Waals surface area contributed by atoms with Crippen LogP contribution in [0.15, 0.2) is 71.9 Å². The number of aryl methyl sites for hydroxylation is 1. The number of nitrogens with one attached hydrogen (secondary N) is 2. The first kappa shape index (κ1) is 20.3. The monoisotopic (exact) mass is 411 g/mol. The van der Waals surface area contributed by atoms with Crippen LogP contribution in [0, 0.1) is 6.92 Å². The van der Waals surface area contributed by atoms with Crippen molar-refractivity contribution in [3.63, 3.8) is 0 Å². The Balaban J connectivity index is 1.83. The topological polar surface area (TPSA) is 97.4 Å². The van der Waals surface area contributed by atoms with E-state index in [0.717, 1.165) is 11.1 Å². The molecule has 0 aliphatic heterocycles. The molecule has 0 aliphatic carbocycles. The van der Waals surface area contributed by atoms with Gasteiger partial charge in [-0.3, -0.25) is 14.5 Å². The SMILES string of the molecule is COc1ccncc1NS(=O)(=O)c1ccccc1C(=O)NCc1ccc(C)cc1. The summed E-state index contributed by atoms with van der Waals surface area (Å²) in [6.07, 6.45) is 2.83. The number of rotatable bonds is 7. The van der Waals surface area contributed by atoms with Crippen molar-refractivity contribution in [2.24, 2.45) is 0 Å². The van der Waals surface area contributed by atoms with Gasteiger partial charge in [0.05, 0.1) is 18.9 Å². The summed E-state index contributed by atoms with van der Waals surface area (Å²) in [7, 11) is -2.61. The number of aromatic nitrogens is 1. The number of carbonyl (C=O) groups excluding carboxylic acids is 1. The normalized spacial score (nSPS) is 11.0. The zero-order valence-electron chi connectivity index (χ0n) is 16.0. The molecule has 7 nitrogen and oxygen atoms in total. The van der Waals surface area contributed by atoms with Crippen LogP contribution in [0.5, 0.6) is 5.75 Å². The van der Waals surface area contributed by atoms with Gasteiger partial charge in [-0.15, -0.1) is 0 Å². The lowest BCUT2D eigenvalue weighted by atomic mass is 10.1. The maximum Gasteiger partial charge on any atom is 0.262 e.